The van der Waals surface area contributed by atoms with Crippen LogP contribution in [0, 0.1) is 20.8 Å². The maximum absolute atomic E-state index is 4.48. The van der Waals surface area contributed by atoms with Gasteiger partial charge in [-0.2, -0.15) is 0 Å². The second-order valence-electron chi connectivity index (χ2n) is 6.48. The van der Waals surface area contributed by atoms with Gasteiger partial charge in [0.05, 0.1) is 0 Å². The van der Waals surface area contributed by atoms with Crippen LogP contribution in [0.4, 0.5) is 0 Å². The van der Waals surface area contributed by atoms with Crippen LogP contribution >= 0.6 is 0 Å². The van der Waals surface area contributed by atoms with E-state index in [-0.39, 0.29) is 0 Å². The lowest BCUT2D eigenvalue weighted by Crippen LogP contribution is -2.02. The minimum atomic E-state index is 0.953. The molecular weight excluding hydrogens is 278 g/mol. The number of aliphatic imine (C=N–C) groups is 1. The first-order valence-corrected chi connectivity index (χ1v) is 8.21. The fourth-order valence-electron chi connectivity index (χ4n) is 2.98. The zero-order chi connectivity index (χ0) is 17.0. The first-order chi connectivity index (χ1) is 10.9. The number of allylic oxidation sites excluding steroid dienone is 1. The van der Waals surface area contributed by atoms with Crippen molar-refractivity contribution in [2.45, 2.75) is 40.5 Å². The van der Waals surface area contributed by atoms with E-state index in [0.717, 1.165) is 18.6 Å². The van der Waals surface area contributed by atoms with Gasteiger partial charge in [0.1, 0.15) is 0 Å². The molecule has 120 valence electrons. The zero-order valence-corrected chi connectivity index (χ0v) is 15.0. The molecular formula is C22H27N. The molecule has 0 radical (unpaired) electrons. The van der Waals surface area contributed by atoms with Gasteiger partial charge < -0.3 is 0 Å². The third kappa shape index (κ3) is 4.19. The summed E-state index contributed by atoms with van der Waals surface area (Å²) in [7, 11) is 1.88. The molecule has 0 aliphatic carbocycles. The monoisotopic (exact) mass is 305 g/mol. The highest BCUT2D eigenvalue weighted by atomic mass is 14.7. The number of rotatable bonds is 5. The largest absolute Gasteiger partial charge is 0.292 e. The van der Waals surface area contributed by atoms with E-state index in [1.807, 2.05) is 7.05 Å². The van der Waals surface area contributed by atoms with Gasteiger partial charge in [0.2, 0.25) is 0 Å². The number of hydrogen-bond donors (Lipinski definition) is 0. The van der Waals surface area contributed by atoms with Crippen LogP contribution in [-0.4, -0.2) is 12.8 Å². The smallest absolute Gasteiger partial charge is 0.0420 e. The Morgan fingerprint density at radius 2 is 1.52 bits per heavy atom. The first kappa shape index (κ1) is 17.2. The van der Waals surface area contributed by atoms with Crippen LogP contribution in [0.1, 0.15) is 42.0 Å². The van der Waals surface area contributed by atoms with Crippen molar-refractivity contribution < 1.29 is 0 Å². The van der Waals surface area contributed by atoms with Gasteiger partial charge in [-0.15, -0.1) is 6.58 Å². The van der Waals surface area contributed by atoms with Crippen molar-refractivity contribution in [2.75, 3.05) is 7.05 Å². The Balaban J connectivity index is 2.35. The molecule has 2 aromatic rings. The van der Waals surface area contributed by atoms with E-state index in [4.69, 9.17) is 0 Å². The van der Waals surface area contributed by atoms with Crippen molar-refractivity contribution in [3.05, 3.63) is 70.8 Å². The molecule has 0 spiro atoms. The second-order valence-corrected chi connectivity index (χ2v) is 6.48. The third-order valence-electron chi connectivity index (χ3n) is 4.29. The number of benzene rings is 2. The van der Waals surface area contributed by atoms with E-state index < -0.39 is 0 Å². The number of aryl methyl sites for hydroxylation is 3. The second kappa shape index (κ2) is 7.41. The summed E-state index contributed by atoms with van der Waals surface area (Å²) in [6, 6.07) is 13.3. The van der Waals surface area contributed by atoms with Crippen LogP contribution in [0.2, 0.25) is 0 Å². The quantitative estimate of drug-likeness (QED) is 0.470. The molecule has 0 N–H and O–H groups in total. The van der Waals surface area contributed by atoms with Crippen LogP contribution < -0.4 is 0 Å². The lowest BCUT2D eigenvalue weighted by atomic mass is 9.92. The first-order valence-electron chi connectivity index (χ1n) is 8.21. The molecule has 2 aromatic carbocycles. The van der Waals surface area contributed by atoms with Gasteiger partial charge in [0, 0.05) is 12.8 Å². The van der Waals surface area contributed by atoms with Crippen LogP contribution in [0.5, 0.6) is 0 Å². The molecule has 2 rings (SSSR count). The van der Waals surface area contributed by atoms with E-state index in [0.29, 0.717) is 0 Å². The SMILES string of the molecule is C=C(C)CC/C(=N\C)c1ccc(-c2ccc(C)cc2C)c(C)c1. The zero-order valence-electron chi connectivity index (χ0n) is 15.0. The van der Waals surface area contributed by atoms with Crippen molar-refractivity contribution in [3.8, 4) is 11.1 Å². The number of nitrogens with zero attached hydrogens (tertiary/aromatic N) is 1. The van der Waals surface area contributed by atoms with Gasteiger partial charge in [-0.05, 0) is 74.4 Å². The molecule has 1 heteroatoms. The van der Waals surface area contributed by atoms with Gasteiger partial charge in [-0.3, -0.25) is 4.99 Å². The minimum absolute atomic E-state index is 0.953. The predicted octanol–water partition coefficient (Wildman–Crippen LogP) is 6.05. The molecule has 0 bridgehead atoms. The molecule has 0 aliphatic heterocycles. The average Bonchev–Trinajstić information content (AvgIpc) is 2.48. The van der Waals surface area contributed by atoms with E-state index in [1.54, 1.807) is 0 Å². The van der Waals surface area contributed by atoms with Crippen molar-refractivity contribution >= 4 is 5.71 Å². The molecule has 0 atom stereocenters. The highest BCUT2D eigenvalue weighted by Crippen LogP contribution is 2.28. The Morgan fingerprint density at radius 1 is 0.913 bits per heavy atom. The fraction of sp³-hybridized carbons (Fsp3) is 0.318. The van der Waals surface area contributed by atoms with Crippen LogP contribution in [0.15, 0.2) is 53.5 Å². The highest BCUT2D eigenvalue weighted by molar-refractivity contribution is 6.01. The average molecular weight is 305 g/mol. The Hall–Kier alpha value is -2.15. The minimum Gasteiger partial charge on any atom is -0.292 e. The lowest BCUT2D eigenvalue weighted by molar-refractivity contribution is 1.01. The van der Waals surface area contributed by atoms with Gasteiger partial charge in [-0.25, -0.2) is 0 Å². The summed E-state index contributed by atoms with van der Waals surface area (Å²) in [6.07, 6.45) is 1.94. The maximum atomic E-state index is 4.48. The summed E-state index contributed by atoms with van der Waals surface area (Å²) in [5, 5.41) is 0. The van der Waals surface area contributed by atoms with Crippen LogP contribution in [0.25, 0.3) is 11.1 Å². The Kier molecular flexibility index (Phi) is 5.54. The topological polar surface area (TPSA) is 12.4 Å². The van der Waals surface area contributed by atoms with E-state index in [1.165, 1.54) is 39.0 Å². The summed E-state index contributed by atoms with van der Waals surface area (Å²) in [5.41, 5.74) is 10.1. The fourth-order valence-corrected chi connectivity index (χ4v) is 2.98. The lowest BCUT2D eigenvalue weighted by Gasteiger charge is -2.13. The molecule has 1 nitrogen and oxygen atoms in total. The molecule has 0 saturated carbocycles. The molecule has 0 aromatic heterocycles. The maximum Gasteiger partial charge on any atom is 0.0420 e. The van der Waals surface area contributed by atoms with Crippen molar-refractivity contribution in [1.82, 2.24) is 0 Å². The number of hydrogen-bond acceptors (Lipinski definition) is 1. The molecule has 0 aliphatic rings. The van der Waals surface area contributed by atoms with Crippen molar-refractivity contribution in [1.29, 1.82) is 0 Å². The van der Waals surface area contributed by atoms with Crippen molar-refractivity contribution in [2.24, 2.45) is 4.99 Å². The van der Waals surface area contributed by atoms with Crippen LogP contribution in [-0.2, 0) is 0 Å². The predicted molar refractivity (Wildman–Crippen MR) is 103 cm³/mol. The van der Waals surface area contributed by atoms with Crippen molar-refractivity contribution in [3.63, 3.8) is 0 Å². The summed E-state index contributed by atoms with van der Waals surface area (Å²) in [6.45, 7) is 12.6. The highest BCUT2D eigenvalue weighted by Gasteiger charge is 2.09. The molecule has 0 saturated heterocycles. The summed E-state index contributed by atoms with van der Waals surface area (Å²) >= 11 is 0. The van der Waals surface area contributed by atoms with Gasteiger partial charge in [0.25, 0.3) is 0 Å². The Labute approximate surface area is 140 Å². The standard InChI is InChI=1S/C22H27N/c1-15(2)7-12-22(23-6)19-9-11-21(18(5)14-19)20-10-8-16(3)13-17(20)4/h8-11,13-14H,1,7,12H2,2-6H3/b23-22+. The van der Waals surface area contributed by atoms with E-state index in [2.05, 4.69) is 75.7 Å². The summed E-state index contributed by atoms with van der Waals surface area (Å²) in [4.78, 5) is 4.48. The van der Waals surface area contributed by atoms with Gasteiger partial charge >= 0.3 is 0 Å². The molecule has 0 amide bonds. The third-order valence-corrected chi connectivity index (χ3v) is 4.29. The molecule has 23 heavy (non-hydrogen) atoms. The molecule has 0 heterocycles. The molecule has 0 unspecified atom stereocenters. The van der Waals surface area contributed by atoms with Crippen LogP contribution in [0.3, 0.4) is 0 Å². The normalized spacial score (nSPS) is 11.6. The summed E-state index contributed by atoms with van der Waals surface area (Å²) in [5.74, 6) is 0. The molecule has 0 fully saturated rings. The van der Waals surface area contributed by atoms with E-state index in [9.17, 15) is 0 Å². The van der Waals surface area contributed by atoms with E-state index >= 15 is 0 Å². The Morgan fingerprint density at radius 3 is 2.04 bits per heavy atom. The van der Waals surface area contributed by atoms with Gasteiger partial charge in [0.15, 0.2) is 0 Å². The summed E-state index contributed by atoms with van der Waals surface area (Å²) < 4.78 is 0. The van der Waals surface area contributed by atoms with Gasteiger partial charge in [-0.1, -0.05) is 41.5 Å². The Bertz CT molecular complexity index is 751.